The van der Waals surface area contributed by atoms with E-state index in [-0.39, 0.29) is 19.4 Å². The van der Waals surface area contributed by atoms with Gasteiger partial charge in [0.15, 0.2) is 11.6 Å². The molecule has 1 unspecified atom stereocenters. The fourth-order valence-electron chi connectivity index (χ4n) is 6.71. The lowest BCUT2D eigenvalue weighted by Gasteiger charge is -2.25. The zero-order chi connectivity index (χ0) is 49.9. The van der Waals surface area contributed by atoms with Gasteiger partial charge in [0.05, 0.1) is 37.2 Å². The maximum absolute atomic E-state index is 13.8. The van der Waals surface area contributed by atoms with Gasteiger partial charge in [-0.25, -0.2) is 0 Å². The van der Waals surface area contributed by atoms with Crippen molar-refractivity contribution in [2.75, 3.05) is 46.3 Å². The molecule has 66 heavy (non-hydrogen) atoms. The predicted octanol–water partition coefficient (Wildman–Crippen LogP) is -0.334. The van der Waals surface area contributed by atoms with Gasteiger partial charge in [-0.1, -0.05) is 0 Å². The fourth-order valence-corrected chi connectivity index (χ4v) is 7.74. The Morgan fingerprint density at radius 2 is 1.03 bits per heavy atom. The first-order valence-electron chi connectivity index (χ1n) is 21.1. The van der Waals surface area contributed by atoms with Crippen molar-refractivity contribution in [1.82, 2.24) is 20.9 Å². The van der Waals surface area contributed by atoms with Crippen LogP contribution in [0.25, 0.3) is 0 Å². The van der Waals surface area contributed by atoms with Crippen molar-refractivity contribution in [3.8, 4) is 0 Å². The van der Waals surface area contributed by atoms with Gasteiger partial charge in [0.1, 0.15) is 5.78 Å². The van der Waals surface area contributed by atoms with Crippen molar-refractivity contribution in [1.29, 1.82) is 0 Å². The highest BCUT2D eigenvalue weighted by Crippen LogP contribution is 2.26. The predicted molar refractivity (Wildman–Crippen MR) is 227 cm³/mol. The Morgan fingerprint density at radius 3 is 1.45 bits per heavy atom. The largest absolute Gasteiger partial charge is 0.481 e. The number of hydrogen-bond donors (Lipinski definition) is 8. The molecule has 1 aliphatic heterocycles. The fraction of sp³-hybridized carbons (Fsp3) is 0.683. The second kappa shape index (κ2) is 31.2. The highest BCUT2D eigenvalue weighted by atomic mass is 32.2. The molecule has 0 aliphatic carbocycles. The van der Waals surface area contributed by atoms with Crippen molar-refractivity contribution in [3.63, 3.8) is 0 Å². The van der Waals surface area contributed by atoms with Crippen LogP contribution in [0, 0.1) is 17.8 Å². The lowest BCUT2D eigenvalue weighted by Crippen LogP contribution is -2.48. The van der Waals surface area contributed by atoms with E-state index in [0.29, 0.717) is 25.6 Å². The number of methoxy groups -OCH3 is 1. The molecule has 0 aromatic rings. The van der Waals surface area contributed by atoms with Crippen LogP contribution < -0.4 is 16.0 Å². The summed E-state index contributed by atoms with van der Waals surface area (Å²) in [5.41, 5.74) is 0. The molecule has 5 amide bonds. The van der Waals surface area contributed by atoms with Crippen molar-refractivity contribution in [3.05, 3.63) is 0 Å². The first kappa shape index (κ1) is 58.2. The van der Waals surface area contributed by atoms with Crippen LogP contribution in [0.3, 0.4) is 0 Å². The quantitative estimate of drug-likeness (QED) is 0.0290. The summed E-state index contributed by atoms with van der Waals surface area (Å²) < 4.78 is 10.3. The number of Topliss-reactive ketones (excluding diaryl/α,β-unsaturated/α-hetero) is 3. The van der Waals surface area contributed by atoms with Gasteiger partial charge in [0.2, 0.25) is 29.5 Å². The lowest BCUT2D eigenvalue weighted by molar-refractivity contribution is -0.141. The van der Waals surface area contributed by atoms with Crippen molar-refractivity contribution in [2.24, 2.45) is 17.8 Å². The number of carbonyl (C=O) groups excluding carboxylic acids is 8. The van der Waals surface area contributed by atoms with Crippen LogP contribution in [0.1, 0.15) is 96.3 Å². The molecule has 24 nitrogen and oxygen atoms in total. The second-order valence-corrected chi connectivity index (χ2v) is 16.7. The van der Waals surface area contributed by atoms with Crippen LogP contribution in [-0.2, 0) is 71.8 Å². The van der Waals surface area contributed by atoms with E-state index < -0.39 is 195 Å². The summed E-state index contributed by atoms with van der Waals surface area (Å²) in [6.07, 6.45) is -8.25. The number of carboxylic acids is 5. The highest BCUT2D eigenvalue weighted by Gasteiger charge is 2.39. The molecule has 0 aromatic carbocycles. The zero-order valence-corrected chi connectivity index (χ0v) is 37.6. The SMILES string of the molecule is CNC(=O)[C@@H](CCC(=O)O)CC(=O)[C@@H](CCC(=O)O)NC(=O)[C@@H](CCC(=O)O)CC(=O)[C@@H](CCC(=O)O)NC(=O)[C@@H](CCC(=O)O)CC(=O)CCN1C(=O)CC(SCCOCCOC)C1=O. The maximum Gasteiger partial charge on any atom is 0.303 e. The van der Waals surface area contributed by atoms with E-state index in [9.17, 15) is 82.8 Å². The smallest absolute Gasteiger partial charge is 0.303 e. The Hall–Kier alpha value is -5.82. The number of carbonyl (C=O) groups is 13. The molecule has 1 heterocycles. The van der Waals surface area contributed by atoms with Gasteiger partial charge in [0.25, 0.3) is 0 Å². The molecule has 370 valence electrons. The molecule has 8 N–H and O–H groups in total. The van der Waals surface area contributed by atoms with Crippen LogP contribution in [-0.4, -0.2) is 171 Å². The van der Waals surface area contributed by atoms with E-state index in [1.165, 1.54) is 25.9 Å². The molecule has 0 bridgehead atoms. The lowest BCUT2D eigenvalue weighted by atomic mass is 9.89. The first-order chi connectivity index (χ1) is 31.1. The Kier molecular flexibility index (Phi) is 27.5. The molecule has 1 fully saturated rings. The van der Waals surface area contributed by atoms with E-state index in [2.05, 4.69) is 16.0 Å². The number of likely N-dealkylation sites (tertiary alicyclic amines) is 1. The third kappa shape index (κ3) is 23.4. The number of rotatable bonds is 38. The van der Waals surface area contributed by atoms with E-state index in [4.69, 9.17) is 14.6 Å². The molecule has 0 aromatic heterocycles. The molecule has 0 radical (unpaired) electrons. The number of amides is 5. The van der Waals surface area contributed by atoms with Crippen molar-refractivity contribution >= 4 is 88.5 Å². The van der Waals surface area contributed by atoms with Crippen molar-refractivity contribution < 1.29 is 97.3 Å². The van der Waals surface area contributed by atoms with Crippen LogP contribution in [0.5, 0.6) is 0 Å². The van der Waals surface area contributed by atoms with Gasteiger partial charge in [-0.2, -0.15) is 0 Å². The topological polar surface area (TPSA) is 381 Å². The number of nitrogens with zero attached hydrogens (tertiary/aromatic N) is 1. The molecule has 1 rings (SSSR count). The van der Waals surface area contributed by atoms with Crippen LogP contribution in [0.4, 0.5) is 0 Å². The number of aliphatic carboxylic acids is 5. The van der Waals surface area contributed by atoms with Gasteiger partial charge in [-0.3, -0.25) is 67.2 Å². The van der Waals surface area contributed by atoms with E-state index in [1.807, 2.05) is 0 Å². The molecule has 0 spiro atoms. The number of ketones is 3. The van der Waals surface area contributed by atoms with Gasteiger partial charge in [-0.05, 0) is 32.1 Å². The average molecular weight is 961 g/mol. The number of nitrogens with one attached hydrogen (secondary N) is 3. The second-order valence-electron chi connectivity index (χ2n) is 15.4. The molecular weight excluding hydrogens is 901 g/mol. The van der Waals surface area contributed by atoms with Crippen LogP contribution >= 0.6 is 11.8 Å². The minimum Gasteiger partial charge on any atom is -0.481 e. The van der Waals surface area contributed by atoms with E-state index >= 15 is 0 Å². The summed E-state index contributed by atoms with van der Waals surface area (Å²) in [4.78, 5) is 164. The number of thioether (sulfide) groups is 1. The van der Waals surface area contributed by atoms with Gasteiger partial charge < -0.3 is 51.0 Å². The van der Waals surface area contributed by atoms with Crippen LogP contribution in [0.15, 0.2) is 0 Å². The maximum atomic E-state index is 13.8. The summed E-state index contributed by atoms with van der Waals surface area (Å²) >= 11 is 1.21. The molecular formula is C41H60N4O20S. The van der Waals surface area contributed by atoms with Crippen molar-refractivity contribution in [2.45, 2.75) is 114 Å². The monoisotopic (exact) mass is 960 g/mol. The molecule has 6 atom stereocenters. The Morgan fingerprint density at radius 1 is 0.606 bits per heavy atom. The summed E-state index contributed by atoms with van der Waals surface area (Å²) in [6.45, 7) is 0.698. The molecule has 0 saturated carbocycles. The van der Waals surface area contributed by atoms with E-state index in [1.54, 1.807) is 0 Å². The zero-order valence-electron chi connectivity index (χ0n) is 36.8. The Bertz CT molecular complexity index is 1770. The molecule has 1 aliphatic rings. The summed E-state index contributed by atoms with van der Waals surface area (Å²) in [6, 6.07) is -3.30. The normalized spacial score (nSPS) is 15.7. The van der Waals surface area contributed by atoms with Crippen LogP contribution in [0.2, 0.25) is 0 Å². The minimum absolute atomic E-state index is 0.108. The number of carboxylic acid groups (broad SMARTS) is 5. The average Bonchev–Trinajstić information content (AvgIpc) is 3.52. The first-order valence-corrected chi connectivity index (χ1v) is 22.2. The van der Waals surface area contributed by atoms with Gasteiger partial charge in [0, 0.05) is 108 Å². The standard InChI is InChI=1S/C41H60N4O20S/c1-42-38(60)24(4-9-34(52)53)20-29(47)27(6-11-36(56)57)44-40(62)25(5-10-35(54)55)21-30(48)28(7-12-37(58)59)43-39(61)23(3-8-33(50)51)19-26(46)13-14-45-32(49)22-31(41(45)63)66-18-17-65-16-15-64-2/h23-25,27-28,31H,3-22H2,1-2H3,(H,42,60)(H,43,61)(H,44,62)(H,50,51)(H,52,53)(H,54,55)(H,56,57)(H,58,59)/t23-,24-,25-,27+,28+,31?/m0/s1. The van der Waals surface area contributed by atoms with E-state index in [0.717, 1.165) is 4.90 Å². The molecule has 25 heteroatoms. The Balaban J connectivity index is 3.26. The van der Waals surface area contributed by atoms with Gasteiger partial charge in [-0.15, -0.1) is 11.8 Å². The number of hydrogen-bond acceptors (Lipinski definition) is 16. The summed E-state index contributed by atoms with van der Waals surface area (Å²) in [7, 11) is 2.75. The summed E-state index contributed by atoms with van der Waals surface area (Å²) in [5, 5.41) is 52.8. The third-order valence-corrected chi connectivity index (χ3v) is 11.5. The number of imide groups is 1. The Labute approximate surface area is 383 Å². The number of ether oxygens (including phenoxy) is 2. The van der Waals surface area contributed by atoms with Gasteiger partial charge >= 0.3 is 29.8 Å². The minimum atomic E-state index is -1.69. The highest BCUT2D eigenvalue weighted by molar-refractivity contribution is 8.00. The molecule has 1 saturated heterocycles. The third-order valence-electron chi connectivity index (χ3n) is 10.3. The summed E-state index contributed by atoms with van der Waals surface area (Å²) in [5.74, 6) is -17.1.